The summed E-state index contributed by atoms with van der Waals surface area (Å²) in [4.78, 5) is 0. The van der Waals surface area contributed by atoms with Crippen molar-refractivity contribution in [3.05, 3.63) is 0 Å². The summed E-state index contributed by atoms with van der Waals surface area (Å²) in [5.74, 6) is 1.68. The molecule has 2 nitrogen and oxygen atoms in total. The second kappa shape index (κ2) is 7.03. The molecule has 0 saturated heterocycles. The van der Waals surface area contributed by atoms with Crippen LogP contribution < -0.4 is 5.73 Å². The molecule has 112 valence electrons. The first-order valence-corrected chi connectivity index (χ1v) is 8.19. The first-order valence-electron chi connectivity index (χ1n) is 8.19. The topological polar surface area (TPSA) is 46.2 Å². The summed E-state index contributed by atoms with van der Waals surface area (Å²) >= 11 is 0. The molecular weight excluding hydrogens is 241 g/mol. The molecule has 0 amide bonds. The van der Waals surface area contributed by atoms with E-state index in [2.05, 4.69) is 6.92 Å². The number of aliphatic hydroxyl groups is 1. The summed E-state index contributed by atoms with van der Waals surface area (Å²) in [6.45, 7) is 2.19. The monoisotopic (exact) mass is 271 g/mol. The maximum atomic E-state index is 14.4. The third kappa shape index (κ3) is 3.91. The fourth-order valence-electron chi connectivity index (χ4n) is 4.34. The van der Waals surface area contributed by atoms with E-state index in [4.69, 9.17) is 5.73 Å². The lowest BCUT2D eigenvalue weighted by molar-refractivity contribution is 0.0307. The first kappa shape index (κ1) is 15.2. The summed E-state index contributed by atoms with van der Waals surface area (Å²) < 4.78 is 14.4. The van der Waals surface area contributed by atoms with Gasteiger partial charge in [0.25, 0.3) is 0 Å². The van der Waals surface area contributed by atoms with Gasteiger partial charge in [0, 0.05) is 0 Å². The molecule has 2 saturated carbocycles. The molecule has 0 radical (unpaired) electrons. The van der Waals surface area contributed by atoms with Crippen LogP contribution in [0.5, 0.6) is 0 Å². The Labute approximate surface area is 117 Å². The van der Waals surface area contributed by atoms with Crippen molar-refractivity contribution in [3.8, 4) is 0 Å². The number of halogens is 1. The fourth-order valence-corrected chi connectivity index (χ4v) is 4.34. The van der Waals surface area contributed by atoms with Gasteiger partial charge >= 0.3 is 0 Å². The molecule has 2 rings (SSSR count). The minimum Gasteiger partial charge on any atom is -0.379 e. The molecule has 4 unspecified atom stereocenters. The summed E-state index contributed by atoms with van der Waals surface area (Å²) in [5.41, 5.74) is 5.55. The predicted molar refractivity (Wildman–Crippen MR) is 76.3 cm³/mol. The molecule has 0 aromatic heterocycles. The van der Waals surface area contributed by atoms with Gasteiger partial charge in [0.2, 0.25) is 0 Å². The Bertz CT molecular complexity index is 263. The molecule has 0 aliphatic heterocycles. The smallest absolute Gasteiger partial charge is 0.105 e. The average molecular weight is 271 g/mol. The maximum Gasteiger partial charge on any atom is 0.105 e. The Balaban J connectivity index is 1.80. The van der Waals surface area contributed by atoms with Crippen LogP contribution in [-0.2, 0) is 0 Å². The van der Waals surface area contributed by atoms with Gasteiger partial charge < -0.3 is 10.8 Å². The van der Waals surface area contributed by atoms with Gasteiger partial charge in [0.1, 0.15) is 12.4 Å². The lowest BCUT2D eigenvalue weighted by Gasteiger charge is -2.40. The molecule has 2 fully saturated rings. The van der Waals surface area contributed by atoms with Gasteiger partial charge in [-0.15, -0.1) is 0 Å². The van der Waals surface area contributed by atoms with Gasteiger partial charge in [-0.05, 0) is 68.6 Å². The van der Waals surface area contributed by atoms with Gasteiger partial charge in [-0.1, -0.05) is 19.8 Å². The van der Waals surface area contributed by atoms with Crippen molar-refractivity contribution in [1.82, 2.24) is 0 Å². The van der Waals surface area contributed by atoms with E-state index >= 15 is 0 Å². The van der Waals surface area contributed by atoms with Gasteiger partial charge in [-0.2, -0.15) is 0 Å². The van der Waals surface area contributed by atoms with E-state index < -0.39 is 12.4 Å². The number of nitrogens with two attached hydrogens (primary N) is 1. The normalized spacial score (nSPS) is 42.0. The van der Waals surface area contributed by atoms with Crippen LogP contribution in [0.3, 0.4) is 0 Å². The number of aliphatic hydroxyl groups excluding tert-OH is 1. The van der Waals surface area contributed by atoms with Crippen molar-refractivity contribution >= 4 is 0 Å². The second-order valence-electron chi connectivity index (χ2n) is 6.81. The molecule has 2 aliphatic rings. The Hall–Kier alpha value is -0.150. The zero-order chi connectivity index (χ0) is 13.8. The van der Waals surface area contributed by atoms with Gasteiger partial charge in [-0.25, -0.2) is 4.39 Å². The van der Waals surface area contributed by atoms with Crippen LogP contribution >= 0.6 is 0 Å². The molecule has 0 aromatic rings. The maximum absolute atomic E-state index is 14.4. The molecule has 0 aromatic carbocycles. The van der Waals surface area contributed by atoms with Crippen LogP contribution in [-0.4, -0.2) is 17.5 Å². The molecular formula is C16H30FNO. The molecule has 19 heavy (non-hydrogen) atoms. The summed E-state index contributed by atoms with van der Waals surface area (Å²) in [7, 11) is 0. The minimum absolute atomic E-state index is 0.241. The molecule has 0 heterocycles. The van der Waals surface area contributed by atoms with Crippen LogP contribution in [0.2, 0.25) is 0 Å². The van der Waals surface area contributed by atoms with Crippen LogP contribution in [0.25, 0.3) is 0 Å². The van der Waals surface area contributed by atoms with Crippen molar-refractivity contribution in [1.29, 1.82) is 0 Å². The van der Waals surface area contributed by atoms with Crippen LogP contribution in [0.15, 0.2) is 0 Å². The van der Waals surface area contributed by atoms with Gasteiger partial charge in [0.15, 0.2) is 0 Å². The summed E-state index contributed by atoms with van der Waals surface area (Å²) in [6, 6.07) is 0. The number of alkyl halides is 1. The van der Waals surface area contributed by atoms with E-state index in [0.29, 0.717) is 11.8 Å². The minimum atomic E-state index is -0.678. The summed E-state index contributed by atoms with van der Waals surface area (Å²) in [5, 5.41) is 9.42. The summed E-state index contributed by atoms with van der Waals surface area (Å²) in [6.07, 6.45) is 8.26. The average Bonchev–Trinajstić information content (AvgIpc) is 2.39. The van der Waals surface area contributed by atoms with E-state index in [9.17, 15) is 9.50 Å². The van der Waals surface area contributed by atoms with E-state index in [1.807, 2.05) is 0 Å². The zero-order valence-electron chi connectivity index (χ0n) is 12.2. The zero-order valence-corrected chi connectivity index (χ0v) is 12.2. The predicted octanol–water partition coefficient (Wildman–Crippen LogP) is 3.62. The van der Waals surface area contributed by atoms with Crippen LogP contribution in [0, 0.1) is 23.7 Å². The molecule has 3 heteroatoms. The third-order valence-electron chi connectivity index (χ3n) is 5.53. The van der Waals surface area contributed by atoms with E-state index in [1.54, 1.807) is 0 Å². The van der Waals surface area contributed by atoms with Gasteiger partial charge in [-0.3, -0.25) is 0 Å². The van der Waals surface area contributed by atoms with Crippen molar-refractivity contribution in [2.24, 2.45) is 29.4 Å². The van der Waals surface area contributed by atoms with E-state index in [0.717, 1.165) is 38.5 Å². The van der Waals surface area contributed by atoms with Crippen molar-refractivity contribution in [2.75, 3.05) is 0 Å². The number of hydrogen-bond donors (Lipinski definition) is 2. The first-order chi connectivity index (χ1) is 9.11. The molecule has 0 bridgehead atoms. The molecule has 0 spiro atoms. The van der Waals surface area contributed by atoms with Crippen molar-refractivity contribution < 1.29 is 9.50 Å². The SMILES string of the molecule is CCCC1CCC(C2CCC(C(N)O)CC2)C(F)C1. The third-order valence-corrected chi connectivity index (χ3v) is 5.53. The molecule has 4 atom stereocenters. The highest BCUT2D eigenvalue weighted by Gasteiger charge is 2.37. The van der Waals surface area contributed by atoms with Crippen molar-refractivity contribution in [3.63, 3.8) is 0 Å². The van der Waals surface area contributed by atoms with Gasteiger partial charge in [0.05, 0.1) is 0 Å². The van der Waals surface area contributed by atoms with Crippen molar-refractivity contribution in [2.45, 2.75) is 77.1 Å². The van der Waals surface area contributed by atoms with Crippen LogP contribution in [0.1, 0.15) is 64.7 Å². The molecule has 3 N–H and O–H groups in total. The lowest BCUT2D eigenvalue weighted by Crippen LogP contribution is -2.37. The number of hydrogen-bond acceptors (Lipinski definition) is 2. The number of rotatable bonds is 4. The fraction of sp³-hybridized carbons (Fsp3) is 1.00. The van der Waals surface area contributed by atoms with E-state index in [1.165, 1.54) is 19.3 Å². The Morgan fingerprint density at radius 2 is 1.84 bits per heavy atom. The highest BCUT2D eigenvalue weighted by atomic mass is 19.1. The Kier molecular flexibility index (Phi) is 5.64. The quantitative estimate of drug-likeness (QED) is 0.767. The Morgan fingerprint density at radius 1 is 1.16 bits per heavy atom. The standard InChI is InChI=1S/C16H30FNO/c1-2-3-11-4-9-14(15(17)10-11)12-5-7-13(8-6-12)16(18)19/h11-16,19H,2-10,18H2,1H3. The molecule has 2 aliphatic carbocycles. The van der Waals surface area contributed by atoms with Crippen LogP contribution in [0.4, 0.5) is 4.39 Å². The van der Waals surface area contributed by atoms with E-state index in [-0.39, 0.29) is 11.8 Å². The highest BCUT2D eigenvalue weighted by molar-refractivity contribution is 4.87. The Morgan fingerprint density at radius 3 is 2.37 bits per heavy atom. The second-order valence-corrected chi connectivity index (χ2v) is 6.81. The lowest BCUT2D eigenvalue weighted by atomic mass is 9.67. The highest BCUT2D eigenvalue weighted by Crippen LogP contribution is 2.43. The largest absolute Gasteiger partial charge is 0.379 e.